The molecule has 0 amide bonds. The van der Waals surface area contributed by atoms with Crippen LogP contribution in [0.25, 0.3) is 0 Å². The van der Waals surface area contributed by atoms with Crippen molar-refractivity contribution in [2.75, 3.05) is 5.75 Å². The summed E-state index contributed by atoms with van der Waals surface area (Å²) >= 11 is 0.266. The molecule has 0 fully saturated rings. The lowest BCUT2D eigenvalue weighted by atomic mass is 10.1. The normalized spacial score (nSPS) is 10.7. The van der Waals surface area contributed by atoms with Gasteiger partial charge in [-0.1, -0.05) is 58.3 Å². The van der Waals surface area contributed by atoms with Crippen molar-refractivity contribution in [3.63, 3.8) is 0 Å². The van der Waals surface area contributed by atoms with Crippen molar-refractivity contribution in [1.29, 1.82) is 0 Å². The van der Waals surface area contributed by atoms with Crippen LogP contribution in [0.4, 0.5) is 3.89 Å². The van der Waals surface area contributed by atoms with E-state index >= 15 is 0 Å². The van der Waals surface area contributed by atoms with Gasteiger partial charge in [0.1, 0.15) is 5.78 Å². The first-order chi connectivity index (χ1) is 8.31. The lowest BCUT2D eigenvalue weighted by Gasteiger charge is -2.01. The molecule has 3 heteroatoms. The Bertz CT molecular complexity index is 174. The highest BCUT2D eigenvalue weighted by atomic mass is 32.2. The highest BCUT2D eigenvalue weighted by Crippen LogP contribution is 2.11. The fraction of sp³-hybridized carbons (Fsp3) is 0.929. The molecule has 0 unspecified atom stereocenters. The van der Waals surface area contributed by atoms with E-state index in [0.717, 1.165) is 12.8 Å². The minimum Gasteiger partial charge on any atom is -0.300 e. The first-order valence-electron chi connectivity index (χ1n) is 7.06. The van der Waals surface area contributed by atoms with Crippen LogP contribution >= 0.6 is 12.1 Å². The number of halogens is 1. The van der Waals surface area contributed by atoms with Crippen molar-refractivity contribution >= 4 is 17.9 Å². The second kappa shape index (κ2) is 14.0. The van der Waals surface area contributed by atoms with Crippen LogP contribution in [0.1, 0.15) is 77.6 Å². The third kappa shape index (κ3) is 13.9. The molecule has 0 saturated heterocycles. The molecular formula is C14H27FOS. The summed E-state index contributed by atoms with van der Waals surface area (Å²) in [6.07, 6.45) is 12.5. The Labute approximate surface area is 110 Å². The van der Waals surface area contributed by atoms with Crippen molar-refractivity contribution in [3.8, 4) is 0 Å². The quantitative estimate of drug-likeness (QED) is 0.409. The number of hydrogen-bond donors (Lipinski definition) is 0. The van der Waals surface area contributed by atoms with Gasteiger partial charge in [0.15, 0.2) is 0 Å². The van der Waals surface area contributed by atoms with Gasteiger partial charge in [-0.05, 0) is 6.42 Å². The molecule has 0 heterocycles. The Kier molecular flexibility index (Phi) is 14.0. The van der Waals surface area contributed by atoms with Crippen molar-refractivity contribution in [2.45, 2.75) is 77.6 Å². The monoisotopic (exact) mass is 262 g/mol. The third-order valence-corrected chi connectivity index (χ3v) is 3.38. The van der Waals surface area contributed by atoms with Gasteiger partial charge in [0.2, 0.25) is 0 Å². The van der Waals surface area contributed by atoms with Gasteiger partial charge in [0.05, 0.1) is 0 Å². The van der Waals surface area contributed by atoms with E-state index in [4.69, 9.17) is 0 Å². The molecule has 17 heavy (non-hydrogen) atoms. The lowest BCUT2D eigenvalue weighted by molar-refractivity contribution is -0.118. The molecule has 102 valence electrons. The summed E-state index contributed by atoms with van der Waals surface area (Å²) in [5.41, 5.74) is 0. The molecule has 0 aliphatic carbocycles. The molecule has 0 saturated carbocycles. The topological polar surface area (TPSA) is 17.1 Å². The van der Waals surface area contributed by atoms with E-state index in [-0.39, 0.29) is 17.9 Å². The average Bonchev–Trinajstić information content (AvgIpc) is 2.34. The maximum Gasteiger partial charge on any atom is 0.133 e. The number of unbranched alkanes of at least 4 members (excludes halogenated alkanes) is 8. The molecule has 0 spiro atoms. The molecule has 0 rings (SSSR count). The van der Waals surface area contributed by atoms with E-state index in [2.05, 4.69) is 6.92 Å². The Morgan fingerprint density at radius 2 is 1.41 bits per heavy atom. The number of carbonyl (C=O) groups is 1. The van der Waals surface area contributed by atoms with Crippen molar-refractivity contribution in [3.05, 3.63) is 0 Å². The van der Waals surface area contributed by atoms with Crippen LogP contribution in [-0.4, -0.2) is 11.5 Å². The maximum atomic E-state index is 11.7. The minimum absolute atomic E-state index is 0.220. The van der Waals surface area contributed by atoms with Crippen LogP contribution in [0.5, 0.6) is 0 Å². The van der Waals surface area contributed by atoms with Gasteiger partial charge < -0.3 is 0 Å². The fourth-order valence-corrected chi connectivity index (χ4v) is 2.22. The molecule has 0 aromatic rings. The Morgan fingerprint density at radius 1 is 0.882 bits per heavy atom. The van der Waals surface area contributed by atoms with E-state index in [1.165, 1.54) is 44.9 Å². The number of carbonyl (C=O) groups excluding carboxylic acids is 1. The van der Waals surface area contributed by atoms with Crippen molar-refractivity contribution < 1.29 is 8.68 Å². The fourth-order valence-electron chi connectivity index (χ4n) is 1.91. The summed E-state index contributed by atoms with van der Waals surface area (Å²) in [6.45, 7) is 2.23. The standard InChI is InChI=1S/C14H27FOS/c1-2-3-4-5-6-7-8-9-10-11-14(16)12-13-17-15/h2-13H2,1H3. The lowest BCUT2D eigenvalue weighted by Crippen LogP contribution is -1.98. The third-order valence-electron chi connectivity index (χ3n) is 3.02. The molecule has 0 atom stereocenters. The second-order valence-corrected chi connectivity index (χ2v) is 5.31. The predicted molar refractivity (Wildman–Crippen MR) is 75.0 cm³/mol. The van der Waals surface area contributed by atoms with Crippen LogP contribution in [-0.2, 0) is 4.79 Å². The number of Topliss-reactive ketones (excluding diaryl/α,β-unsaturated/α-hetero) is 1. The summed E-state index contributed by atoms with van der Waals surface area (Å²) in [7, 11) is 0. The first-order valence-corrected chi connectivity index (χ1v) is 7.95. The molecule has 0 radical (unpaired) electrons. The van der Waals surface area contributed by atoms with Crippen LogP contribution in [0.15, 0.2) is 0 Å². The largest absolute Gasteiger partial charge is 0.300 e. The second-order valence-electron chi connectivity index (χ2n) is 4.68. The van der Waals surface area contributed by atoms with Crippen molar-refractivity contribution in [1.82, 2.24) is 0 Å². The van der Waals surface area contributed by atoms with E-state index in [9.17, 15) is 8.68 Å². The molecule has 1 nitrogen and oxygen atoms in total. The Balaban J connectivity index is 3.05. The van der Waals surface area contributed by atoms with Crippen LogP contribution in [0.3, 0.4) is 0 Å². The Hall–Kier alpha value is -0.0500. The summed E-state index contributed by atoms with van der Waals surface area (Å²) in [6, 6.07) is 0. The van der Waals surface area contributed by atoms with Gasteiger partial charge in [-0.3, -0.25) is 4.79 Å². The van der Waals surface area contributed by atoms with Gasteiger partial charge in [0.25, 0.3) is 0 Å². The first kappa shape index (κ1) is 16.9. The van der Waals surface area contributed by atoms with E-state index in [0.29, 0.717) is 18.6 Å². The summed E-state index contributed by atoms with van der Waals surface area (Å²) in [5.74, 6) is 0.550. The Morgan fingerprint density at radius 3 is 1.94 bits per heavy atom. The van der Waals surface area contributed by atoms with Gasteiger partial charge in [-0.25, -0.2) is 0 Å². The van der Waals surface area contributed by atoms with Gasteiger partial charge in [-0.15, -0.1) is 0 Å². The van der Waals surface area contributed by atoms with Crippen LogP contribution in [0.2, 0.25) is 0 Å². The van der Waals surface area contributed by atoms with Gasteiger partial charge in [0, 0.05) is 30.7 Å². The molecule has 0 aliphatic heterocycles. The van der Waals surface area contributed by atoms with E-state index < -0.39 is 0 Å². The zero-order valence-electron chi connectivity index (χ0n) is 11.2. The van der Waals surface area contributed by atoms with Gasteiger partial charge >= 0.3 is 0 Å². The zero-order valence-corrected chi connectivity index (χ0v) is 12.0. The molecule has 0 bridgehead atoms. The average molecular weight is 262 g/mol. The van der Waals surface area contributed by atoms with Crippen molar-refractivity contribution in [2.24, 2.45) is 0 Å². The summed E-state index contributed by atoms with van der Waals surface area (Å²) in [5, 5.41) is 0. The number of ketones is 1. The van der Waals surface area contributed by atoms with Gasteiger partial charge in [-0.2, -0.15) is 3.89 Å². The SMILES string of the molecule is CCCCCCCCCCCC(=O)CCSF. The highest BCUT2D eigenvalue weighted by Gasteiger charge is 2.01. The molecule has 0 aromatic carbocycles. The molecule has 0 aliphatic rings. The minimum atomic E-state index is 0.220. The highest BCUT2D eigenvalue weighted by molar-refractivity contribution is 7.94. The smallest absolute Gasteiger partial charge is 0.133 e. The van der Waals surface area contributed by atoms with E-state index in [1.54, 1.807) is 0 Å². The number of rotatable bonds is 13. The summed E-state index contributed by atoms with van der Waals surface area (Å²) in [4.78, 5) is 11.2. The predicted octanol–water partition coefficient (Wildman–Crippen LogP) is 5.48. The maximum absolute atomic E-state index is 11.7. The zero-order chi connectivity index (χ0) is 12.8. The van der Waals surface area contributed by atoms with Crippen LogP contribution in [0, 0.1) is 0 Å². The number of hydrogen-bond acceptors (Lipinski definition) is 2. The summed E-state index contributed by atoms with van der Waals surface area (Å²) < 4.78 is 11.7. The van der Waals surface area contributed by atoms with E-state index in [1.807, 2.05) is 0 Å². The molecule has 0 N–H and O–H groups in total. The van der Waals surface area contributed by atoms with Crippen LogP contribution < -0.4 is 0 Å². The molecular weight excluding hydrogens is 235 g/mol. The molecule has 0 aromatic heterocycles.